The van der Waals surface area contributed by atoms with Gasteiger partial charge in [0.05, 0.1) is 3.70 Å². The molecule has 66 valence electrons. The molecule has 0 amide bonds. The van der Waals surface area contributed by atoms with E-state index in [-0.39, 0.29) is 0 Å². The fraction of sp³-hybridized carbons (Fsp3) is 0.0909. The van der Waals surface area contributed by atoms with Gasteiger partial charge in [-0.3, -0.25) is 0 Å². The second-order valence-electron chi connectivity index (χ2n) is 3.03. The number of hydrogen-bond acceptors (Lipinski definition) is 0. The van der Waals surface area contributed by atoms with Crippen LogP contribution < -0.4 is 0 Å². The fourth-order valence-corrected chi connectivity index (χ4v) is 1.80. The van der Waals surface area contributed by atoms with Crippen LogP contribution in [0.25, 0.3) is 11.1 Å². The zero-order valence-corrected chi connectivity index (χ0v) is 9.52. The number of hydrogen-bond donors (Lipinski definition) is 0. The maximum atomic E-state index is 2.33. The Labute approximate surface area is 91.5 Å². The minimum absolute atomic E-state index is 1.26. The van der Waals surface area contributed by atoms with E-state index in [2.05, 4.69) is 70.7 Å². The summed E-state index contributed by atoms with van der Waals surface area (Å²) in [6, 6.07) is 12.6. The average Bonchev–Trinajstić information content (AvgIpc) is 2.49. The van der Waals surface area contributed by atoms with Crippen LogP contribution in [-0.4, -0.2) is 4.57 Å². The summed E-state index contributed by atoms with van der Waals surface area (Å²) in [5.41, 5.74) is 2.56. The van der Waals surface area contributed by atoms with Crippen molar-refractivity contribution in [2.24, 2.45) is 7.05 Å². The number of aryl methyl sites for hydroxylation is 1. The number of rotatable bonds is 1. The van der Waals surface area contributed by atoms with E-state index in [4.69, 9.17) is 0 Å². The van der Waals surface area contributed by atoms with E-state index in [9.17, 15) is 0 Å². The molecular formula is C11H10IN. The Morgan fingerprint density at radius 3 is 2.31 bits per heavy atom. The number of nitrogens with zero attached hydrogens (tertiary/aromatic N) is 1. The summed E-state index contributed by atoms with van der Waals surface area (Å²) in [5.74, 6) is 0. The molecule has 0 atom stereocenters. The molecule has 1 nitrogen and oxygen atoms in total. The Morgan fingerprint density at radius 1 is 1.08 bits per heavy atom. The molecule has 1 heterocycles. The predicted octanol–water partition coefficient (Wildman–Crippen LogP) is 3.30. The van der Waals surface area contributed by atoms with Crippen molar-refractivity contribution in [2.75, 3.05) is 0 Å². The van der Waals surface area contributed by atoms with E-state index < -0.39 is 0 Å². The minimum atomic E-state index is 1.26. The second kappa shape index (κ2) is 3.54. The van der Waals surface area contributed by atoms with Gasteiger partial charge < -0.3 is 4.57 Å². The van der Waals surface area contributed by atoms with E-state index >= 15 is 0 Å². The van der Waals surface area contributed by atoms with Crippen LogP contribution in [0.15, 0.2) is 42.6 Å². The van der Waals surface area contributed by atoms with Crippen molar-refractivity contribution in [1.82, 2.24) is 4.57 Å². The third kappa shape index (κ3) is 1.77. The molecule has 0 aliphatic carbocycles. The van der Waals surface area contributed by atoms with Gasteiger partial charge in [-0.2, -0.15) is 0 Å². The highest BCUT2D eigenvalue weighted by Crippen LogP contribution is 2.21. The summed E-state index contributed by atoms with van der Waals surface area (Å²) in [5, 5.41) is 0. The summed E-state index contributed by atoms with van der Waals surface area (Å²) < 4.78 is 3.39. The van der Waals surface area contributed by atoms with Crippen LogP contribution in [0.2, 0.25) is 0 Å². The highest BCUT2D eigenvalue weighted by molar-refractivity contribution is 14.1. The quantitative estimate of drug-likeness (QED) is 0.708. The van der Waals surface area contributed by atoms with Crippen LogP contribution in [-0.2, 0) is 7.05 Å². The van der Waals surface area contributed by atoms with Gasteiger partial charge in [0.2, 0.25) is 0 Å². The Kier molecular flexibility index (Phi) is 2.40. The monoisotopic (exact) mass is 283 g/mol. The highest BCUT2D eigenvalue weighted by atomic mass is 127. The SMILES string of the molecule is Cn1cc(-c2ccccc2)cc1I. The first-order chi connectivity index (χ1) is 6.27. The molecule has 2 heteroatoms. The van der Waals surface area contributed by atoms with E-state index in [0.29, 0.717) is 0 Å². The lowest BCUT2D eigenvalue weighted by Gasteiger charge is -1.94. The summed E-state index contributed by atoms with van der Waals surface area (Å²) in [4.78, 5) is 0. The van der Waals surface area contributed by atoms with Gasteiger partial charge in [-0.15, -0.1) is 0 Å². The molecule has 0 bridgehead atoms. The number of benzene rings is 1. The molecule has 0 N–H and O–H groups in total. The van der Waals surface area contributed by atoms with Crippen molar-refractivity contribution in [2.45, 2.75) is 0 Å². The lowest BCUT2D eigenvalue weighted by atomic mass is 10.1. The van der Waals surface area contributed by atoms with Crippen LogP contribution in [0.3, 0.4) is 0 Å². The molecule has 1 aromatic heterocycles. The Morgan fingerprint density at radius 2 is 1.77 bits per heavy atom. The van der Waals surface area contributed by atoms with Crippen LogP contribution in [0.5, 0.6) is 0 Å². The molecule has 0 radical (unpaired) electrons. The number of halogens is 1. The van der Waals surface area contributed by atoms with Crippen molar-refractivity contribution < 1.29 is 0 Å². The molecule has 1 aromatic carbocycles. The molecular weight excluding hydrogens is 273 g/mol. The first-order valence-electron chi connectivity index (χ1n) is 4.14. The van der Waals surface area contributed by atoms with Crippen molar-refractivity contribution in [3.8, 4) is 11.1 Å². The molecule has 0 aliphatic heterocycles. The predicted molar refractivity (Wildman–Crippen MR) is 63.6 cm³/mol. The first-order valence-corrected chi connectivity index (χ1v) is 5.22. The van der Waals surface area contributed by atoms with Gasteiger partial charge in [-0.25, -0.2) is 0 Å². The first kappa shape index (κ1) is 8.81. The van der Waals surface area contributed by atoms with Crippen LogP contribution >= 0.6 is 22.6 Å². The van der Waals surface area contributed by atoms with E-state index in [1.807, 2.05) is 6.07 Å². The molecule has 0 saturated heterocycles. The summed E-state index contributed by atoms with van der Waals surface area (Å²) in [7, 11) is 2.06. The Hall–Kier alpha value is -0.770. The molecule has 2 rings (SSSR count). The van der Waals surface area contributed by atoms with Crippen molar-refractivity contribution in [3.05, 3.63) is 46.3 Å². The molecule has 0 unspecified atom stereocenters. The summed E-state index contributed by atoms with van der Waals surface area (Å²) >= 11 is 2.33. The maximum Gasteiger partial charge on any atom is 0.0801 e. The largest absolute Gasteiger partial charge is 0.346 e. The average molecular weight is 283 g/mol. The van der Waals surface area contributed by atoms with Gasteiger partial charge in [0.25, 0.3) is 0 Å². The molecule has 0 fully saturated rings. The molecule has 13 heavy (non-hydrogen) atoms. The van der Waals surface area contributed by atoms with Crippen molar-refractivity contribution in [3.63, 3.8) is 0 Å². The van der Waals surface area contributed by atoms with Gasteiger partial charge in [-0.05, 0) is 34.2 Å². The van der Waals surface area contributed by atoms with Gasteiger partial charge in [0.1, 0.15) is 0 Å². The molecule has 0 aliphatic rings. The lowest BCUT2D eigenvalue weighted by molar-refractivity contribution is 0.899. The molecule has 0 saturated carbocycles. The third-order valence-corrected chi connectivity index (χ3v) is 3.12. The maximum absolute atomic E-state index is 2.33. The van der Waals surface area contributed by atoms with E-state index in [0.717, 1.165) is 0 Å². The van der Waals surface area contributed by atoms with Crippen LogP contribution in [0.1, 0.15) is 0 Å². The van der Waals surface area contributed by atoms with Gasteiger partial charge in [-0.1, -0.05) is 30.3 Å². The van der Waals surface area contributed by atoms with E-state index in [1.54, 1.807) is 0 Å². The van der Waals surface area contributed by atoms with Gasteiger partial charge >= 0.3 is 0 Å². The molecule has 0 spiro atoms. The number of aromatic nitrogens is 1. The zero-order chi connectivity index (χ0) is 9.26. The van der Waals surface area contributed by atoms with Gasteiger partial charge in [0.15, 0.2) is 0 Å². The summed E-state index contributed by atoms with van der Waals surface area (Å²) in [6.45, 7) is 0. The third-order valence-electron chi connectivity index (χ3n) is 2.05. The Bertz CT molecular complexity index is 384. The van der Waals surface area contributed by atoms with Crippen molar-refractivity contribution in [1.29, 1.82) is 0 Å². The summed E-state index contributed by atoms with van der Waals surface area (Å²) in [6.07, 6.45) is 2.15. The topological polar surface area (TPSA) is 4.93 Å². The van der Waals surface area contributed by atoms with Crippen LogP contribution in [0.4, 0.5) is 0 Å². The standard InChI is InChI=1S/C11H10IN/c1-13-8-10(7-11(13)12)9-5-3-2-4-6-9/h2-8H,1H3. The van der Waals surface area contributed by atoms with E-state index in [1.165, 1.54) is 14.8 Å². The van der Waals surface area contributed by atoms with Gasteiger partial charge in [0, 0.05) is 18.8 Å². The normalized spacial score (nSPS) is 10.3. The smallest absolute Gasteiger partial charge is 0.0801 e. The van der Waals surface area contributed by atoms with Crippen molar-refractivity contribution >= 4 is 22.6 Å². The zero-order valence-electron chi connectivity index (χ0n) is 7.37. The highest BCUT2D eigenvalue weighted by Gasteiger charge is 2.01. The Balaban J connectivity index is 2.48. The fourth-order valence-electron chi connectivity index (χ4n) is 1.33. The van der Waals surface area contributed by atoms with Crippen LogP contribution in [0, 0.1) is 3.70 Å². The molecule has 2 aromatic rings. The minimum Gasteiger partial charge on any atom is -0.346 e. The second-order valence-corrected chi connectivity index (χ2v) is 4.13. The lowest BCUT2D eigenvalue weighted by Crippen LogP contribution is -1.84.